The number of para-hydroxylation sites is 1. The van der Waals surface area contributed by atoms with Gasteiger partial charge in [-0.1, -0.05) is 18.2 Å². The van der Waals surface area contributed by atoms with Crippen LogP contribution in [0.3, 0.4) is 0 Å². The summed E-state index contributed by atoms with van der Waals surface area (Å²) in [5.41, 5.74) is 1.87. The number of aromatic amines is 1. The third-order valence-electron chi connectivity index (χ3n) is 3.30. The highest BCUT2D eigenvalue weighted by atomic mass is 16.5. The van der Waals surface area contributed by atoms with Crippen molar-refractivity contribution in [3.05, 3.63) is 41.6 Å². The molecule has 0 bridgehead atoms. The van der Waals surface area contributed by atoms with E-state index in [0.717, 1.165) is 11.3 Å². The Morgan fingerprint density at radius 1 is 1.45 bits per heavy atom. The first kappa shape index (κ1) is 14.0. The van der Waals surface area contributed by atoms with Crippen molar-refractivity contribution in [2.45, 2.75) is 12.8 Å². The van der Waals surface area contributed by atoms with Crippen LogP contribution in [0, 0.1) is 0 Å². The van der Waals surface area contributed by atoms with Crippen LogP contribution in [-0.2, 0) is 9.53 Å². The first-order valence-electron chi connectivity index (χ1n) is 6.85. The number of hydrogen-bond donors (Lipinski definition) is 2. The number of esters is 1. The van der Waals surface area contributed by atoms with Gasteiger partial charge in [-0.15, -0.1) is 0 Å². The van der Waals surface area contributed by atoms with Crippen LogP contribution in [0.15, 0.2) is 35.5 Å². The molecular formula is C15H14N4O3. The zero-order valence-electron chi connectivity index (χ0n) is 11.9. The summed E-state index contributed by atoms with van der Waals surface area (Å²) in [7, 11) is 0. The van der Waals surface area contributed by atoms with Gasteiger partial charge in [-0.05, 0) is 18.6 Å². The molecule has 2 heterocycles. The fourth-order valence-corrected chi connectivity index (χ4v) is 2.27. The normalized spacial score (nSPS) is 16.6. The molecule has 1 atom stereocenters. The Hall–Kier alpha value is -2.96. The smallest absolute Gasteiger partial charge is 0.343 e. The number of ether oxygens (including phenoxy) is 1. The average molecular weight is 298 g/mol. The Morgan fingerprint density at radius 2 is 2.27 bits per heavy atom. The third-order valence-corrected chi connectivity index (χ3v) is 3.30. The number of benzene rings is 1. The van der Waals surface area contributed by atoms with Gasteiger partial charge >= 0.3 is 5.97 Å². The van der Waals surface area contributed by atoms with Crippen LogP contribution in [0.25, 0.3) is 0 Å². The molecule has 7 nitrogen and oxygen atoms in total. The van der Waals surface area contributed by atoms with Crippen LogP contribution in [0.1, 0.15) is 28.8 Å². The van der Waals surface area contributed by atoms with E-state index < -0.39 is 11.9 Å². The quantitative estimate of drug-likeness (QED) is 0.666. The maximum atomic E-state index is 12.0. The largest absolute Gasteiger partial charge is 0.462 e. The number of aliphatic imine (C=N–C) groups is 1. The number of anilines is 1. The van der Waals surface area contributed by atoms with Gasteiger partial charge in [0, 0.05) is 11.9 Å². The topological polar surface area (TPSA) is 96.4 Å². The number of rotatable bonds is 4. The van der Waals surface area contributed by atoms with Crippen molar-refractivity contribution < 1.29 is 14.3 Å². The van der Waals surface area contributed by atoms with Gasteiger partial charge in [0.2, 0.25) is 5.91 Å². The molecule has 2 N–H and O–H groups in total. The summed E-state index contributed by atoms with van der Waals surface area (Å²) in [5.74, 6) is -0.869. The zero-order valence-corrected chi connectivity index (χ0v) is 11.9. The monoisotopic (exact) mass is 298 g/mol. The molecule has 1 amide bonds. The van der Waals surface area contributed by atoms with Gasteiger partial charge in [0.05, 0.1) is 12.8 Å². The minimum Gasteiger partial charge on any atom is -0.462 e. The van der Waals surface area contributed by atoms with Crippen LogP contribution < -0.4 is 5.32 Å². The number of nitrogens with zero attached hydrogens (tertiary/aromatic N) is 2. The van der Waals surface area contributed by atoms with Crippen molar-refractivity contribution in [2.24, 2.45) is 4.99 Å². The van der Waals surface area contributed by atoms with E-state index in [9.17, 15) is 9.59 Å². The van der Waals surface area contributed by atoms with Gasteiger partial charge in [-0.25, -0.2) is 9.79 Å². The number of amides is 1. The van der Waals surface area contributed by atoms with Crippen LogP contribution in [0.5, 0.6) is 0 Å². The summed E-state index contributed by atoms with van der Waals surface area (Å²) >= 11 is 0. The molecule has 0 spiro atoms. The van der Waals surface area contributed by atoms with E-state index in [1.54, 1.807) is 6.92 Å². The second-order valence-electron chi connectivity index (χ2n) is 4.69. The minimum absolute atomic E-state index is 0.151. The third kappa shape index (κ3) is 2.48. The van der Waals surface area contributed by atoms with Gasteiger partial charge in [0.25, 0.3) is 0 Å². The van der Waals surface area contributed by atoms with E-state index in [2.05, 4.69) is 20.5 Å². The molecule has 1 aliphatic rings. The van der Waals surface area contributed by atoms with E-state index in [0.29, 0.717) is 0 Å². The first-order chi connectivity index (χ1) is 10.7. The molecule has 112 valence electrons. The molecule has 22 heavy (non-hydrogen) atoms. The molecule has 1 unspecified atom stereocenters. The fraction of sp³-hybridized carbons (Fsp3) is 0.200. The van der Waals surface area contributed by atoms with Crippen LogP contribution in [-0.4, -0.2) is 34.9 Å². The summed E-state index contributed by atoms with van der Waals surface area (Å²) in [6.45, 7) is 1.99. The number of nitrogens with one attached hydrogen (secondary N) is 2. The number of carbonyl (C=O) groups excluding carboxylic acids is 2. The molecule has 2 aromatic rings. The standard InChI is InChI=1S/C15H14N4O3/c1-2-22-15(21)11-8-17-19-13(11)16-7-10-9-5-3-4-6-12(9)18-14(10)20/h3-8,10H,2H2,1H3,(H,17,19)(H,18,20). The summed E-state index contributed by atoms with van der Waals surface area (Å²) < 4.78 is 4.92. The van der Waals surface area contributed by atoms with E-state index in [4.69, 9.17) is 4.74 Å². The van der Waals surface area contributed by atoms with Crippen molar-refractivity contribution in [1.82, 2.24) is 10.2 Å². The lowest BCUT2D eigenvalue weighted by Crippen LogP contribution is -2.13. The fourth-order valence-electron chi connectivity index (χ4n) is 2.27. The van der Waals surface area contributed by atoms with Crippen molar-refractivity contribution >= 4 is 29.6 Å². The van der Waals surface area contributed by atoms with Crippen LogP contribution >= 0.6 is 0 Å². The number of H-pyrrole nitrogens is 1. The zero-order chi connectivity index (χ0) is 15.5. The minimum atomic E-state index is -0.500. The van der Waals surface area contributed by atoms with Gasteiger partial charge in [-0.2, -0.15) is 5.10 Å². The maximum absolute atomic E-state index is 12.0. The van der Waals surface area contributed by atoms with Gasteiger partial charge in [0.1, 0.15) is 11.5 Å². The summed E-state index contributed by atoms with van der Waals surface area (Å²) in [6.07, 6.45) is 2.85. The summed E-state index contributed by atoms with van der Waals surface area (Å²) in [6, 6.07) is 7.41. The van der Waals surface area contributed by atoms with Crippen molar-refractivity contribution in [3.63, 3.8) is 0 Å². The van der Waals surface area contributed by atoms with Crippen molar-refractivity contribution in [2.75, 3.05) is 11.9 Å². The summed E-state index contributed by atoms with van der Waals surface area (Å²) in [5, 5.41) is 9.21. The Balaban J connectivity index is 1.85. The molecule has 0 saturated carbocycles. The Kier molecular flexibility index (Phi) is 3.69. The molecule has 0 radical (unpaired) electrons. The molecule has 1 aromatic carbocycles. The highest BCUT2D eigenvalue weighted by Gasteiger charge is 2.28. The molecular weight excluding hydrogens is 284 g/mol. The highest BCUT2D eigenvalue weighted by molar-refractivity contribution is 6.12. The van der Waals surface area contributed by atoms with Crippen LogP contribution in [0.4, 0.5) is 11.5 Å². The first-order valence-corrected chi connectivity index (χ1v) is 6.85. The van der Waals surface area contributed by atoms with E-state index >= 15 is 0 Å². The lowest BCUT2D eigenvalue weighted by molar-refractivity contribution is -0.115. The molecule has 0 aliphatic carbocycles. The van der Waals surface area contributed by atoms with Gasteiger partial charge in [-0.3, -0.25) is 9.89 Å². The second-order valence-corrected chi connectivity index (χ2v) is 4.69. The van der Waals surface area contributed by atoms with E-state index in [1.807, 2.05) is 24.3 Å². The van der Waals surface area contributed by atoms with Crippen molar-refractivity contribution in [3.8, 4) is 0 Å². The lowest BCUT2D eigenvalue weighted by atomic mass is 10.0. The predicted molar refractivity (Wildman–Crippen MR) is 80.5 cm³/mol. The lowest BCUT2D eigenvalue weighted by Gasteiger charge is -2.02. The molecule has 0 fully saturated rings. The molecule has 1 aromatic heterocycles. The van der Waals surface area contributed by atoms with Gasteiger partial charge < -0.3 is 10.1 Å². The number of fused-ring (bicyclic) bond motifs is 1. The SMILES string of the molecule is CCOC(=O)c1cn[nH]c1N=CC1C(=O)Nc2ccccc21. The molecule has 7 heteroatoms. The highest BCUT2D eigenvalue weighted by Crippen LogP contribution is 2.31. The number of carbonyl (C=O) groups is 2. The van der Waals surface area contributed by atoms with Gasteiger partial charge in [0.15, 0.2) is 5.82 Å². The Bertz CT molecular complexity index is 751. The Labute approximate surface area is 126 Å². The number of aromatic nitrogens is 2. The van der Waals surface area contributed by atoms with Crippen LogP contribution in [0.2, 0.25) is 0 Å². The maximum Gasteiger partial charge on any atom is 0.343 e. The van der Waals surface area contributed by atoms with E-state index in [1.165, 1.54) is 12.4 Å². The number of hydrogen-bond acceptors (Lipinski definition) is 5. The van der Waals surface area contributed by atoms with E-state index in [-0.39, 0.29) is 23.9 Å². The predicted octanol–water partition coefficient (Wildman–Crippen LogP) is 2.02. The summed E-state index contributed by atoms with van der Waals surface area (Å²) in [4.78, 5) is 27.9. The second kappa shape index (κ2) is 5.80. The average Bonchev–Trinajstić information content (AvgIpc) is 3.09. The molecule has 0 saturated heterocycles. The molecule has 1 aliphatic heterocycles. The Morgan fingerprint density at radius 3 is 3.09 bits per heavy atom. The molecule has 3 rings (SSSR count). The van der Waals surface area contributed by atoms with Crippen molar-refractivity contribution in [1.29, 1.82) is 0 Å².